The second kappa shape index (κ2) is 6.44. The Balaban J connectivity index is 2.12. The van der Waals surface area contributed by atoms with Crippen LogP contribution in [0.4, 0.5) is 0 Å². The maximum Gasteiger partial charge on any atom is 0.305 e. The lowest BCUT2D eigenvalue weighted by Crippen LogP contribution is -2.03. The molecule has 0 spiro atoms. The fourth-order valence-corrected chi connectivity index (χ4v) is 1.84. The van der Waals surface area contributed by atoms with Gasteiger partial charge in [-0.3, -0.25) is 4.79 Å². The third kappa shape index (κ3) is 4.33. The van der Waals surface area contributed by atoms with Gasteiger partial charge in [0.25, 0.3) is 0 Å². The summed E-state index contributed by atoms with van der Waals surface area (Å²) in [4.78, 5) is 11.0. The Morgan fingerprint density at radius 2 is 2.47 bits per heavy atom. The molecule has 6 heteroatoms. The van der Waals surface area contributed by atoms with E-state index in [0.29, 0.717) is 13.0 Å². The molecule has 1 heterocycles. The van der Waals surface area contributed by atoms with Crippen molar-refractivity contribution in [1.82, 2.24) is 14.8 Å². The van der Waals surface area contributed by atoms with Gasteiger partial charge in [-0.2, -0.15) is 0 Å². The molecule has 0 aliphatic heterocycles. The van der Waals surface area contributed by atoms with Crippen molar-refractivity contribution in [3.05, 3.63) is 6.33 Å². The summed E-state index contributed by atoms with van der Waals surface area (Å²) in [5.74, 6) is 0.724. The van der Waals surface area contributed by atoms with Crippen LogP contribution in [0.3, 0.4) is 0 Å². The maximum atomic E-state index is 11.0. The summed E-state index contributed by atoms with van der Waals surface area (Å²) in [6.45, 7) is 2.27. The predicted octanol–water partition coefficient (Wildman–Crippen LogP) is 1.25. The van der Waals surface area contributed by atoms with Crippen LogP contribution in [-0.2, 0) is 16.6 Å². The normalized spacial score (nSPS) is 10.3. The van der Waals surface area contributed by atoms with Gasteiger partial charge in [0.2, 0.25) is 0 Å². The van der Waals surface area contributed by atoms with E-state index in [2.05, 4.69) is 10.2 Å². The molecule has 0 atom stereocenters. The standard InChI is InChI=1S/C9H15N3O2S/c1-3-14-8(13)5-4-6-15-9-11-10-7-12(9)2/h7H,3-6H2,1-2H3. The molecule has 0 saturated heterocycles. The minimum Gasteiger partial charge on any atom is -0.466 e. The zero-order valence-corrected chi connectivity index (χ0v) is 9.79. The zero-order valence-electron chi connectivity index (χ0n) is 8.97. The average Bonchev–Trinajstić information content (AvgIpc) is 2.60. The van der Waals surface area contributed by atoms with Gasteiger partial charge in [-0.1, -0.05) is 11.8 Å². The maximum absolute atomic E-state index is 11.0. The molecule has 1 aromatic rings. The highest BCUT2D eigenvalue weighted by atomic mass is 32.2. The van der Waals surface area contributed by atoms with Crippen LogP contribution in [0.1, 0.15) is 19.8 Å². The van der Waals surface area contributed by atoms with E-state index in [-0.39, 0.29) is 5.97 Å². The first-order chi connectivity index (χ1) is 7.24. The lowest BCUT2D eigenvalue weighted by atomic mass is 10.3. The third-order valence-corrected chi connectivity index (χ3v) is 2.85. The second-order valence-corrected chi connectivity index (χ2v) is 4.04. The first kappa shape index (κ1) is 12.0. The summed E-state index contributed by atoms with van der Waals surface area (Å²) in [5.41, 5.74) is 0. The largest absolute Gasteiger partial charge is 0.466 e. The van der Waals surface area contributed by atoms with Crippen LogP contribution in [-0.4, -0.2) is 33.1 Å². The van der Waals surface area contributed by atoms with E-state index in [9.17, 15) is 4.79 Å². The number of aryl methyl sites for hydroxylation is 1. The van der Waals surface area contributed by atoms with Gasteiger partial charge in [-0.05, 0) is 13.3 Å². The molecule has 0 amide bonds. The smallest absolute Gasteiger partial charge is 0.305 e. The fourth-order valence-electron chi connectivity index (χ4n) is 1.02. The van der Waals surface area contributed by atoms with Crippen LogP contribution in [0.2, 0.25) is 0 Å². The van der Waals surface area contributed by atoms with E-state index in [1.807, 2.05) is 18.5 Å². The number of hydrogen-bond donors (Lipinski definition) is 0. The Bertz CT molecular complexity index is 314. The van der Waals surface area contributed by atoms with Gasteiger partial charge >= 0.3 is 5.97 Å². The Kier molecular flexibility index (Phi) is 5.17. The molecule has 0 saturated carbocycles. The fraction of sp³-hybridized carbons (Fsp3) is 0.667. The lowest BCUT2D eigenvalue weighted by Gasteiger charge is -2.01. The molecule has 0 N–H and O–H groups in total. The van der Waals surface area contributed by atoms with Crippen LogP contribution < -0.4 is 0 Å². The van der Waals surface area contributed by atoms with Crippen molar-refractivity contribution >= 4 is 17.7 Å². The van der Waals surface area contributed by atoms with Crippen molar-refractivity contribution in [3.8, 4) is 0 Å². The summed E-state index contributed by atoms with van der Waals surface area (Å²) < 4.78 is 6.68. The second-order valence-electron chi connectivity index (χ2n) is 2.98. The zero-order chi connectivity index (χ0) is 11.1. The lowest BCUT2D eigenvalue weighted by molar-refractivity contribution is -0.143. The van der Waals surface area contributed by atoms with E-state index < -0.39 is 0 Å². The summed E-state index contributed by atoms with van der Waals surface area (Å²) in [6, 6.07) is 0. The highest BCUT2D eigenvalue weighted by Gasteiger charge is 2.04. The topological polar surface area (TPSA) is 57.0 Å². The number of carbonyl (C=O) groups excluding carboxylic acids is 1. The monoisotopic (exact) mass is 229 g/mol. The first-order valence-electron chi connectivity index (χ1n) is 4.86. The number of rotatable bonds is 6. The van der Waals surface area contributed by atoms with Gasteiger partial charge in [-0.25, -0.2) is 0 Å². The molecule has 1 aromatic heterocycles. The van der Waals surface area contributed by atoms with E-state index in [1.54, 1.807) is 18.1 Å². The highest BCUT2D eigenvalue weighted by molar-refractivity contribution is 7.99. The quantitative estimate of drug-likeness (QED) is 0.417. The van der Waals surface area contributed by atoms with Crippen LogP contribution in [0.25, 0.3) is 0 Å². The molecule has 0 unspecified atom stereocenters. The van der Waals surface area contributed by atoms with Gasteiger partial charge in [0.1, 0.15) is 6.33 Å². The Morgan fingerprint density at radius 3 is 3.07 bits per heavy atom. The van der Waals surface area contributed by atoms with Gasteiger partial charge in [0.05, 0.1) is 6.61 Å². The van der Waals surface area contributed by atoms with Crippen molar-refractivity contribution in [2.75, 3.05) is 12.4 Å². The predicted molar refractivity (Wildman–Crippen MR) is 57.6 cm³/mol. The molecule has 0 aliphatic rings. The molecule has 0 fully saturated rings. The molecular weight excluding hydrogens is 214 g/mol. The molecule has 0 aliphatic carbocycles. The molecule has 15 heavy (non-hydrogen) atoms. The van der Waals surface area contributed by atoms with E-state index in [4.69, 9.17) is 4.74 Å². The van der Waals surface area contributed by atoms with E-state index in [1.165, 1.54) is 0 Å². The van der Waals surface area contributed by atoms with Crippen LogP contribution in [0.15, 0.2) is 11.5 Å². The van der Waals surface area contributed by atoms with Crippen molar-refractivity contribution in [2.45, 2.75) is 24.9 Å². The molecule has 1 rings (SSSR count). The molecule has 0 aromatic carbocycles. The van der Waals surface area contributed by atoms with Crippen molar-refractivity contribution < 1.29 is 9.53 Å². The average molecular weight is 229 g/mol. The van der Waals surface area contributed by atoms with Crippen LogP contribution in [0, 0.1) is 0 Å². The Labute approximate surface area is 93.2 Å². The van der Waals surface area contributed by atoms with Crippen molar-refractivity contribution in [2.24, 2.45) is 7.05 Å². The Hall–Kier alpha value is -1.04. The van der Waals surface area contributed by atoms with E-state index >= 15 is 0 Å². The summed E-state index contributed by atoms with van der Waals surface area (Å²) in [6.07, 6.45) is 2.93. The van der Waals surface area contributed by atoms with Gasteiger partial charge in [0.15, 0.2) is 5.16 Å². The third-order valence-electron chi connectivity index (χ3n) is 1.73. The number of aromatic nitrogens is 3. The summed E-state index contributed by atoms with van der Waals surface area (Å²) in [7, 11) is 1.90. The molecule has 5 nitrogen and oxygen atoms in total. The first-order valence-corrected chi connectivity index (χ1v) is 5.85. The van der Waals surface area contributed by atoms with Gasteiger partial charge in [-0.15, -0.1) is 10.2 Å². The number of hydrogen-bond acceptors (Lipinski definition) is 5. The van der Waals surface area contributed by atoms with Gasteiger partial charge in [0, 0.05) is 19.2 Å². The minimum absolute atomic E-state index is 0.129. The molecular formula is C9H15N3O2S. The number of carbonyl (C=O) groups is 1. The van der Waals surface area contributed by atoms with Crippen LogP contribution in [0.5, 0.6) is 0 Å². The van der Waals surface area contributed by atoms with Crippen LogP contribution >= 0.6 is 11.8 Å². The summed E-state index contributed by atoms with van der Waals surface area (Å²) >= 11 is 1.60. The number of esters is 1. The Morgan fingerprint density at radius 1 is 1.67 bits per heavy atom. The van der Waals surface area contributed by atoms with Gasteiger partial charge < -0.3 is 9.30 Å². The summed E-state index contributed by atoms with van der Waals surface area (Å²) in [5, 5.41) is 8.57. The molecule has 0 radical (unpaired) electrons. The number of thioether (sulfide) groups is 1. The number of ether oxygens (including phenoxy) is 1. The SMILES string of the molecule is CCOC(=O)CCCSc1nncn1C. The highest BCUT2D eigenvalue weighted by Crippen LogP contribution is 2.15. The van der Waals surface area contributed by atoms with Crippen molar-refractivity contribution in [3.63, 3.8) is 0 Å². The minimum atomic E-state index is -0.129. The molecule has 0 bridgehead atoms. The molecule has 84 valence electrons. The number of nitrogens with zero attached hydrogens (tertiary/aromatic N) is 3. The van der Waals surface area contributed by atoms with E-state index in [0.717, 1.165) is 17.3 Å². The van der Waals surface area contributed by atoms with Crippen molar-refractivity contribution in [1.29, 1.82) is 0 Å².